The van der Waals surface area contributed by atoms with Crippen LogP contribution in [-0.4, -0.2) is 41.6 Å². The number of halogens is 3. The minimum Gasteiger partial charge on any atom is -0.476 e. The number of nitrogens with zero attached hydrogens (tertiary/aromatic N) is 2. The number of Topliss-reactive ketones (excluding diaryl/α,β-unsaturated/α-hetero) is 1. The monoisotopic (exact) mass is 282 g/mol. The summed E-state index contributed by atoms with van der Waals surface area (Å²) >= 11 is 0.629. The number of carboxylic acid groups (broad SMARTS) is 1. The van der Waals surface area contributed by atoms with E-state index in [1.54, 1.807) is 0 Å². The van der Waals surface area contributed by atoms with Crippen LogP contribution < -0.4 is 4.90 Å². The molecular weight excluding hydrogens is 273 g/mol. The lowest BCUT2D eigenvalue weighted by atomic mass is 10.3. The summed E-state index contributed by atoms with van der Waals surface area (Å²) < 4.78 is 36.5. The molecule has 18 heavy (non-hydrogen) atoms. The van der Waals surface area contributed by atoms with Gasteiger partial charge in [-0.1, -0.05) is 11.3 Å². The molecule has 1 aromatic heterocycles. The molecule has 0 atom stereocenters. The van der Waals surface area contributed by atoms with Crippen LogP contribution in [0.4, 0.5) is 18.3 Å². The van der Waals surface area contributed by atoms with Crippen molar-refractivity contribution in [1.29, 1.82) is 0 Å². The third-order valence-corrected chi connectivity index (χ3v) is 3.15. The van der Waals surface area contributed by atoms with Gasteiger partial charge in [-0.2, -0.15) is 13.2 Å². The fourth-order valence-electron chi connectivity index (χ4n) is 1.19. The van der Waals surface area contributed by atoms with Gasteiger partial charge in [-0.3, -0.25) is 4.79 Å². The Labute approximate surface area is 104 Å². The molecule has 0 amide bonds. The van der Waals surface area contributed by atoms with Crippen molar-refractivity contribution in [3.8, 4) is 0 Å². The maximum atomic E-state index is 12.2. The lowest BCUT2D eigenvalue weighted by Crippen LogP contribution is -2.30. The number of anilines is 1. The number of hydrogen-bond donors (Lipinski definition) is 1. The zero-order chi connectivity index (χ0) is 14.1. The van der Waals surface area contributed by atoms with Crippen LogP contribution in [0.15, 0.2) is 0 Å². The number of aromatic nitrogens is 1. The number of aromatic carboxylic acids is 1. The predicted octanol–water partition coefficient (Wildman–Crippen LogP) is 2.04. The molecule has 9 heteroatoms. The van der Waals surface area contributed by atoms with E-state index in [-0.39, 0.29) is 10.0 Å². The van der Waals surface area contributed by atoms with Gasteiger partial charge in [0.25, 0.3) is 0 Å². The van der Waals surface area contributed by atoms with Crippen molar-refractivity contribution in [3.05, 3.63) is 10.6 Å². The average molecular weight is 282 g/mol. The Kier molecular flexibility index (Phi) is 3.95. The van der Waals surface area contributed by atoms with Crippen LogP contribution in [0, 0.1) is 0 Å². The van der Waals surface area contributed by atoms with Gasteiger partial charge in [0.15, 0.2) is 16.6 Å². The smallest absolute Gasteiger partial charge is 0.405 e. The van der Waals surface area contributed by atoms with Crippen LogP contribution in [0.25, 0.3) is 0 Å². The number of alkyl halides is 3. The number of ketones is 1. The van der Waals surface area contributed by atoms with Gasteiger partial charge < -0.3 is 10.0 Å². The Balaban J connectivity index is 3.08. The molecule has 0 spiro atoms. The van der Waals surface area contributed by atoms with Gasteiger partial charge >= 0.3 is 12.1 Å². The fraction of sp³-hybridized carbons (Fsp3) is 0.444. The number of carboxylic acids is 1. The van der Waals surface area contributed by atoms with E-state index < -0.39 is 30.2 Å². The first-order chi connectivity index (χ1) is 8.11. The molecule has 0 aliphatic heterocycles. The molecular formula is C9H9F3N2O3S. The molecule has 0 aliphatic carbocycles. The van der Waals surface area contributed by atoms with Crippen LogP contribution in [-0.2, 0) is 0 Å². The Morgan fingerprint density at radius 2 is 2.00 bits per heavy atom. The zero-order valence-electron chi connectivity index (χ0n) is 9.41. The van der Waals surface area contributed by atoms with Crippen LogP contribution in [0.5, 0.6) is 0 Å². The van der Waals surface area contributed by atoms with Gasteiger partial charge in [0.1, 0.15) is 11.4 Å². The summed E-state index contributed by atoms with van der Waals surface area (Å²) in [5, 5.41) is 8.64. The van der Waals surface area contributed by atoms with E-state index in [9.17, 15) is 22.8 Å². The number of carbonyl (C=O) groups excluding carboxylic acids is 1. The molecule has 0 bridgehead atoms. The molecule has 5 nitrogen and oxygen atoms in total. The van der Waals surface area contributed by atoms with E-state index in [4.69, 9.17) is 5.11 Å². The van der Waals surface area contributed by atoms with Gasteiger partial charge in [0.05, 0.1) is 0 Å². The van der Waals surface area contributed by atoms with E-state index >= 15 is 0 Å². The second kappa shape index (κ2) is 4.92. The van der Waals surface area contributed by atoms with Crippen molar-refractivity contribution in [2.24, 2.45) is 0 Å². The number of thiazole rings is 1. The second-order valence-corrected chi connectivity index (χ2v) is 4.48. The topological polar surface area (TPSA) is 70.5 Å². The van der Waals surface area contributed by atoms with Crippen LogP contribution in [0.3, 0.4) is 0 Å². The quantitative estimate of drug-likeness (QED) is 0.856. The molecule has 1 rings (SSSR count). The maximum absolute atomic E-state index is 12.2. The Hall–Kier alpha value is -1.64. The van der Waals surface area contributed by atoms with E-state index in [1.807, 2.05) is 0 Å². The molecule has 0 saturated carbocycles. The van der Waals surface area contributed by atoms with E-state index in [2.05, 4.69) is 4.98 Å². The molecule has 1 heterocycles. The van der Waals surface area contributed by atoms with Crippen molar-refractivity contribution in [3.63, 3.8) is 0 Å². The molecule has 1 N–H and O–H groups in total. The summed E-state index contributed by atoms with van der Waals surface area (Å²) in [6, 6.07) is 0. The van der Waals surface area contributed by atoms with Gasteiger partial charge in [-0.05, 0) is 0 Å². The molecule has 0 saturated heterocycles. The number of hydrogen-bond acceptors (Lipinski definition) is 5. The third-order valence-electron chi connectivity index (χ3n) is 1.88. The van der Waals surface area contributed by atoms with Gasteiger partial charge in [0, 0.05) is 14.0 Å². The van der Waals surface area contributed by atoms with Crippen molar-refractivity contribution < 1.29 is 27.9 Å². The Bertz CT molecular complexity index is 452. The van der Waals surface area contributed by atoms with Crippen molar-refractivity contribution in [2.75, 3.05) is 18.5 Å². The highest BCUT2D eigenvalue weighted by Gasteiger charge is 2.31. The normalized spacial score (nSPS) is 11.4. The largest absolute Gasteiger partial charge is 0.476 e. The molecule has 100 valence electrons. The summed E-state index contributed by atoms with van der Waals surface area (Å²) in [6.45, 7) is -0.135. The Morgan fingerprint density at radius 1 is 1.44 bits per heavy atom. The molecule has 0 fully saturated rings. The lowest BCUT2D eigenvalue weighted by molar-refractivity contribution is -0.119. The fourth-order valence-corrected chi connectivity index (χ4v) is 2.11. The third kappa shape index (κ3) is 3.42. The highest BCUT2D eigenvalue weighted by molar-refractivity contribution is 7.17. The lowest BCUT2D eigenvalue weighted by Gasteiger charge is -2.17. The standard InChI is InChI=1S/C9H9F3N2O3S/c1-4(15)6-5(7(16)17)13-8(18-6)14(2)3-9(10,11)12/h3H2,1-2H3,(H,16,17). The van der Waals surface area contributed by atoms with Crippen LogP contribution in [0.2, 0.25) is 0 Å². The second-order valence-electron chi connectivity index (χ2n) is 3.51. The first-order valence-electron chi connectivity index (χ1n) is 4.64. The molecule has 0 aromatic carbocycles. The highest BCUT2D eigenvalue weighted by Crippen LogP contribution is 2.28. The van der Waals surface area contributed by atoms with Gasteiger partial charge in [0.2, 0.25) is 0 Å². The first kappa shape index (κ1) is 14.4. The molecule has 0 radical (unpaired) electrons. The van der Waals surface area contributed by atoms with Crippen molar-refractivity contribution in [1.82, 2.24) is 4.98 Å². The summed E-state index contributed by atoms with van der Waals surface area (Å²) in [5.41, 5.74) is -0.517. The van der Waals surface area contributed by atoms with Gasteiger partial charge in [-0.25, -0.2) is 9.78 Å². The van der Waals surface area contributed by atoms with E-state index in [1.165, 1.54) is 0 Å². The zero-order valence-corrected chi connectivity index (χ0v) is 10.2. The molecule has 1 aromatic rings. The minimum absolute atomic E-state index is 0.157. The number of rotatable bonds is 4. The summed E-state index contributed by atoms with van der Waals surface area (Å²) in [4.78, 5) is 26.1. The SMILES string of the molecule is CC(=O)c1sc(N(C)CC(F)(F)F)nc1C(=O)O. The minimum atomic E-state index is -4.43. The van der Waals surface area contributed by atoms with Crippen LogP contribution >= 0.6 is 11.3 Å². The maximum Gasteiger partial charge on any atom is 0.405 e. The first-order valence-corrected chi connectivity index (χ1v) is 5.46. The molecule has 0 aliphatic rings. The van der Waals surface area contributed by atoms with Crippen molar-refractivity contribution >= 4 is 28.2 Å². The highest BCUT2D eigenvalue weighted by atomic mass is 32.1. The van der Waals surface area contributed by atoms with E-state index in [0.29, 0.717) is 11.3 Å². The summed E-state index contributed by atoms with van der Waals surface area (Å²) in [7, 11) is 1.13. The number of carbonyl (C=O) groups is 2. The molecule has 0 unspecified atom stereocenters. The van der Waals surface area contributed by atoms with Gasteiger partial charge in [-0.15, -0.1) is 0 Å². The van der Waals surface area contributed by atoms with Crippen LogP contribution in [0.1, 0.15) is 27.1 Å². The summed E-state index contributed by atoms with van der Waals surface area (Å²) in [5.74, 6) is -1.99. The van der Waals surface area contributed by atoms with E-state index in [0.717, 1.165) is 18.9 Å². The average Bonchev–Trinajstić information content (AvgIpc) is 2.58. The Morgan fingerprint density at radius 3 is 2.33 bits per heavy atom. The summed E-state index contributed by atoms with van der Waals surface area (Å²) in [6.07, 6.45) is -4.43. The predicted molar refractivity (Wildman–Crippen MR) is 58.4 cm³/mol. The van der Waals surface area contributed by atoms with Crippen molar-refractivity contribution in [2.45, 2.75) is 13.1 Å².